The van der Waals surface area contributed by atoms with Crippen LogP contribution in [0.5, 0.6) is 0 Å². The number of hydrogen-bond acceptors (Lipinski definition) is 2. The molecular weight excluding hydrogens is 289 g/mol. The van der Waals surface area contributed by atoms with Crippen molar-refractivity contribution in [1.82, 2.24) is 4.98 Å². The molecule has 2 nitrogen and oxygen atoms in total. The Hall–Kier alpha value is -1.75. The van der Waals surface area contributed by atoms with E-state index in [-0.39, 0.29) is 17.3 Å². The number of halogens is 4. The topological polar surface area (TPSA) is 24.9 Å². The molecule has 0 saturated carbocycles. The van der Waals surface area contributed by atoms with Gasteiger partial charge in [0.25, 0.3) is 0 Å². The van der Waals surface area contributed by atoms with Crippen molar-refractivity contribution in [1.29, 1.82) is 0 Å². The second kappa shape index (κ2) is 5.71. The van der Waals surface area contributed by atoms with Gasteiger partial charge in [-0.1, -0.05) is 17.7 Å². The summed E-state index contributed by atoms with van der Waals surface area (Å²) in [6.07, 6.45) is -2.82. The van der Waals surface area contributed by atoms with Gasteiger partial charge in [-0.05, 0) is 36.8 Å². The van der Waals surface area contributed by atoms with Gasteiger partial charge in [0, 0.05) is 29.1 Å². The van der Waals surface area contributed by atoms with Crippen molar-refractivity contribution in [3.63, 3.8) is 0 Å². The summed E-state index contributed by atoms with van der Waals surface area (Å²) >= 11 is 5.62. The number of aryl methyl sites for hydroxylation is 1. The molecular formula is C14H12ClF3N2. The number of hydrogen-bond donors (Lipinski definition) is 1. The van der Waals surface area contributed by atoms with Crippen LogP contribution in [0.15, 0.2) is 36.5 Å². The van der Waals surface area contributed by atoms with Gasteiger partial charge in [0.05, 0.1) is 5.56 Å². The predicted octanol–water partition coefficient (Wildman–Crippen LogP) is 4.67. The lowest BCUT2D eigenvalue weighted by Gasteiger charge is -2.15. The SMILES string of the molecule is Cc1ccc(CNc2ccc(Cl)cc2C(F)(F)F)cn1. The summed E-state index contributed by atoms with van der Waals surface area (Å²) in [6, 6.07) is 7.29. The van der Waals surface area contributed by atoms with E-state index in [9.17, 15) is 13.2 Å². The van der Waals surface area contributed by atoms with Crippen LogP contribution in [0, 0.1) is 6.92 Å². The van der Waals surface area contributed by atoms with E-state index in [4.69, 9.17) is 11.6 Å². The first kappa shape index (κ1) is 14.7. The first-order chi connectivity index (χ1) is 9.36. The third-order valence-electron chi connectivity index (χ3n) is 2.74. The van der Waals surface area contributed by atoms with Crippen LogP contribution in [0.2, 0.25) is 5.02 Å². The predicted molar refractivity (Wildman–Crippen MR) is 72.8 cm³/mol. The van der Waals surface area contributed by atoms with Gasteiger partial charge in [-0.3, -0.25) is 4.98 Å². The Bertz CT molecular complexity index is 594. The maximum atomic E-state index is 12.9. The molecule has 0 amide bonds. The van der Waals surface area contributed by atoms with E-state index in [1.807, 2.05) is 19.1 Å². The monoisotopic (exact) mass is 300 g/mol. The molecule has 20 heavy (non-hydrogen) atoms. The minimum absolute atomic E-state index is 0.00229. The van der Waals surface area contributed by atoms with Gasteiger partial charge in [0.2, 0.25) is 0 Å². The third-order valence-corrected chi connectivity index (χ3v) is 2.98. The van der Waals surface area contributed by atoms with Crippen molar-refractivity contribution in [3.8, 4) is 0 Å². The number of aromatic nitrogens is 1. The summed E-state index contributed by atoms with van der Waals surface area (Å²) < 4.78 is 38.7. The molecule has 0 saturated heterocycles. The lowest BCUT2D eigenvalue weighted by molar-refractivity contribution is -0.136. The number of pyridine rings is 1. The van der Waals surface area contributed by atoms with Crippen LogP contribution in [0.4, 0.5) is 18.9 Å². The molecule has 1 N–H and O–H groups in total. The molecule has 0 radical (unpaired) electrons. The summed E-state index contributed by atoms with van der Waals surface area (Å²) in [6.45, 7) is 2.11. The number of anilines is 1. The fourth-order valence-electron chi connectivity index (χ4n) is 1.71. The summed E-state index contributed by atoms with van der Waals surface area (Å²) in [7, 11) is 0. The fraction of sp³-hybridized carbons (Fsp3) is 0.214. The molecule has 0 bridgehead atoms. The molecule has 1 heterocycles. The summed E-state index contributed by atoms with van der Waals surface area (Å²) in [4.78, 5) is 4.09. The smallest absolute Gasteiger partial charge is 0.380 e. The molecule has 0 aliphatic heterocycles. The molecule has 6 heteroatoms. The van der Waals surface area contributed by atoms with Crippen molar-refractivity contribution in [2.24, 2.45) is 0 Å². The molecule has 0 spiro atoms. The molecule has 0 fully saturated rings. The van der Waals surface area contributed by atoms with Gasteiger partial charge >= 0.3 is 6.18 Å². The maximum absolute atomic E-state index is 12.9. The van der Waals surface area contributed by atoms with Crippen LogP contribution in [0.3, 0.4) is 0 Å². The Morgan fingerprint density at radius 3 is 2.55 bits per heavy atom. The molecule has 1 aromatic carbocycles. The molecule has 0 aliphatic rings. The second-order valence-corrected chi connectivity index (χ2v) is 4.79. The summed E-state index contributed by atoms with van der Waals surface area (Å²) in [5.74, 6) is 0. The van der Waals surface area contributed by atoms with E-state index in [2.05, 4.69) is 10.3 Å². The Morgan fingerprint density at radius 1 is 1.20 bits per heavy atom. The Morgan fingerprint density at radius 2 is 1.95 bits per heavy atom. The van der Waals surface area contributed by atoms with E-state index < -0.39 is 11.7 Å². The number of benzene rings is 1. The number of nitrogens with zero attached hydrogens (tertiary/aromatic N) is 1. The van der Waals surface area contributed by atoms with Gasteiger partial charge in [0.15, 0.2) is 0 Å². The third kappa shape index (κ3) is 3.63. The van der Waals surface area contributed by atoms with Crippen LogP contribution < -0.4 is 5.32 Å². The van der Waals surface area contributed by atoms with Gasteiger partial charge in [-0.2, -0.15) is 13.2 Å². The van der Waals surface area contributed by atoms with Crippen LogP contribution in [0.1, 0.15) is 16.8 Å². The Kier molecular flexibility index (Phi) is 4.18. The summed E-state index contributed by atoms with van der Waals surface area (Å²) in [5, 5.41) is 2.82. The molecule has 106 valence electrons. The largest absolute Gasteiger partial charge is 0.418 e. The van der Waals surface area contributed by atoms with E-state index in [1.54, 1.807) is 6.20 Å². The highest BCUT2D eigenvalue weighted by atomic mass is 35.5. The molecule has 0 aliphatic carbocycles. The standard InChI is InChI=1S/C14H12ClF3N2/c1-9-2-3-10(7-19-9)8-20-13-5-4-11(15)6-12(13)14(16,17)18/h2-7,20H,8H2,1H3. The van der Waals surface area contributed by atoms with Crippen LogP contribution in [0.25, 0.3) is 0 Å². The average Bonchev–Trinajstić information content (AvgIpc) is 2.38. The van der Waals surface area contributed by atoms with Gasteiger partial charge in [0.1, 0.15) is 0 Å². The van der Waals surface area contributed by atoms with Crippen LogP contribution in [-0.4, -0.2) is 4.98 Å². The highest BCUT2D eigenvalue weighted by Gasteiger charge is 2.33. The first-order valence-corrected chi connectivity index (χ1v) is 6.26. The second-order valence-electron chi connectivity index (χ2n) is 4.35. The Balaban J connectivity index is 2.19. The van der Waals surface area contributed by atoms with E-state index in [0.717, 1.165) is 17.3 Å². The lowest BCUT2D eigenvalue weighted by atomic mass is 10.1. The number of alkyl halides is 3. The number of nitrogens with one attached hydrogen (secondary N) is 1. The van der Waals surface area contributed by atoms with E-state index in [1.165, 1.54) is 12.1 Å². The zero-order valence-electron chi connectivity index (χ0n) is 10.6. The molecule has 1 aromatic heterocycles. The zero-order chi connectivity index (χ0) is 14.8. The summed E-state index contributed by atoms with van der Waals surface area (Å²) in [5.41, 5.74) is 0.891. The van der Waals surface area contributed by atoms with Crippen molar-refractivity contribution in [2.45, 2.75) is 19.6 Å². The van der Waals surface area contributed by atoms with E-state index >= 15 is 0 Å². The quantitative estimate of drug-likeness (QED) is 0.890. The van der Waals surface area contributed by atoms with Gasteiger partial charge < -0.3 is 5.32 Å². The van der Waals surface area contributed by atoms with Crippen molar-refractivity contribution < 1.29 is 13.2 Å². The lowest BCUT2D eigenvalue weighted by Crippen LogP contribution is -2.11. The first-order valence-electron chi connectivity index (χ1n) is 5.88. The zero-order valence-corrected chi connectivity index (χ0v) is 11.4. The molecule has 0 atom stereocenters. The fourth-order valence-corrected chi connectivity index (χ4v) is 1.88. The van der Waals surface area contributed by atoms with Crippen LogP contribution in [-0.2, 0) is 12.7 Å². The maximum Gasteiger partial charge on any atom is 0.418 e. The minimum Gasteiger partial charge on any atom is -0.380 e. The van der Waals surface area contributed by atoms with Gasteiger partial charge in [-0.25, -0.2) is 0 Å². The minimum atomic E-state index is -4.45. The van der Waals surface area contributed by atoms with Crippen molar-refractivity contribution in [3.05, 3.63) is 58.4 Å². The van der Waals surface area contributed by atoms with Gasteiger partial charge in [-0.15, -0.1) is 0 Å². The Labute approximate surface area is 119 Å². The van der Waals surface area contributed by atoms with Crippen molar-refractivity contribution >= 4 is 17.3 Å². The molecule has 2 aromatic rings. The van der Waals surface area contributed by atoms with E-state index in [0.29, 0.717) is 0 Å². The number of rotatable bonds is 3. The van der Waals surface area contributed by atoms with Crippen molar-refractivity contribution in [2.75, 3.05) is 5.32 Å². The highest BCUT2D eigenvalue weighted by molar-refractivity contribution is 6.30. The average molecular weight is 301 g/mol. The highest BCUT2D eigenvalue weighted by Crippen LogP contribution is 2.36. The molecule has 2 rings (SSSR count). The van der Waals surface area contributed by atoms with Crippen LogP contribution >= 0.6 is 11.6 Å². The normalized spacial score (nSPS) is 11.4. The molecule has 0 unspecified atom stereocenters.